The van der Waals surface area contributed by atoms with E-state index in [1.807, 2.05) is 0 Å². The van der Waals surface area contributed by atoms with Gasteiger partial charge in [-0.25, -0.2) is 0 Å². The Hall–Kier alpha value is -0.140. The quantitative estimate of drug-likeness (QED) is 0.0888. The van der Waals surface area contributed by atoms with Crippen LogP contribution in [0, 0.1) is 5.21 Å². The van der Waals surface area contributed by atoms with Gasteiger partial charge in [0.15, 0.2) is 0 Å². The molecule has 0 aliphatic rings. The van der Waals surface area contributed by atoms with Gasteiger partial charge in [0.1, 0.15) is 0 Å². The monoisotopic (exact) mass is 522 g/mol. The number of nitrogens with zero attached hydrogens (tertiary/aromatic N) is 2. The van der Waals surface area contributed by atoms with Crippen LogP contribution in [0.1, 0.15) is 142 Å². The summed E-state index contributed by atoms with van der Waals surface area (Å²) in [6.07, 6.45) is 24.7. The fourth-order valence-electron chi connectivity index (χ4n) is 4.04. The van der Waals surface area contributed by atoms with Gasteiger partial charge in [-0.05, 0) is 19.3 Å². The molecule has 0 radical (unpaired) electrons. The summed E-state index contributed by atoms with van der Waals surface area (Å²) in [5.41, 5.74) is 0. The van der Waals surface area contributed by atoms with Crippen molar-refractivity contribution in [1.29, 1.82) is 0 Å². The summed E-state index contributed by atoms with van der Waals surface area (Å²) in [6, 6.07) is 0. The molecule has 0 aromatic carbocycles. The number of aliphatic carboxylic acids is 1. The third kappa shape index (κ3) is 36.0. The average molecular weight is 523 g/mol. The second kappa shape index (κ2) is 29.4. The van der Waals surface area contributed by atoms with Crippen molar-refractivity contribution in [3.05, 3.63) is 5.21 Å². The molecular formula is C29H59N2NaO4. The van der Waals surface area contributed by atoms with Crippen molar-refractivity contribution in [2.24, 2.45) is 0 Å². The summed E-state index contributed by atoms with van der Waals surface area (Å²) in [4.78, 5) is 23.1. The molecule has 36 heavy (non-hydrogen) atoms. The first-order chi connectivity index (χ1) is 16.6. The molecule has 1 amide bonds. The topological polar surface area (TPSA) is 83.5 Å². The number of carbonyl (C=O) groups is 2. The number of hydrogen-bond acceptors (Lipinski definition) is 4. The summed E-state index contributed by atoms with van der Waals surface area (Å²) in [7, 11) is 4.97. The van der Waals surface area contributed by atoms with Crippen LogP contribution in [0.3, 0.4) is 0 Å². The van der Waals surface area contributed by atoms with E-state index in [4.69, 9.17) is 0 Å². The zero-order valence-corrected chi connectivity index (χ0v) is 27.1. The van der Waals surface area contributed by atoms with Crippen molar-refractivity contribution in [2.75, 3.05) is 34.2 Å². The molecule has 0 spiro atoms. The molecule has 0 bridgehead atoms. The molecule has 0 fully saturated rings. The molecule has 0 atom stereocenters. The molecule has 0 rings (SSSR count). The number of carboxylic acid groups (broad SMARTS) is 1. The fourth-order valence-corrected chi connectivity index (χ4v) is 4.04. The standard InChI is InChI=1S/C15H29NO3.C14H31NO.Na/c1-3-4-5-6-7-8-9-10-11-12-14(17)16(2)13-15(18)19;1-4-5-6-7-8-9-10-11-12-13-14-15(2,3)16;/h3-13H2,1-2H3,(H,18,19);4-14H2,1-3H3;/q;;+1/p-1. The van der Waals surface area contributed by atoms with E-state index in [9.17, 15) is 19.9 Å². The summed E-state index contributed by atoms with van der Waals surface area (Å²) >= 11 is 0. The van der Waals surface area contributed by atoms with Gasteiger partial charge < -0.3 is 24.7 Å². The fraction of sp³-hybridized carbons (Fsp3) is 0.931. The smallest absolute Gasteiger partial charge is 0.633 e. The minimum absolute atomic E-state index is 0. The van der Waals surface area contributed by atoms with Gasteiger partial charge in [-0.15, -0.1) is 0 Å². The third-order valence-electron chi connectivity index (χ3n) is 6.34. The van der Waals surface area contributed by atoms with Crippen LogP contribution in [0.4, 0.5) is 0 Å². The van der Waals surface area contributed by atoms with E-state index in [1.54, 1.807) is 14.1 Å². The molecule has 0 aliphatic carbocycles. The zero-order chi connectivity index (χ0) is 26.8. The van der Waals surface area contributed by atoms with Gasteiger partial charge in [0, 0.05) is 13.5 Å². The number of carbonyl (C=O) groups excluding carboxylic acids is 2. The Balaban J connectivity index is -0.000000597. The van der Waals surface area contributed by atoms with Gasteiger partial charge in [0.25, 0.3) is 0 Å². The number of carboxylic acids is 1. The van der Waals surface area contributed by atoms with Crippen molar-refractivity contribution < 1.29 is 48.9 Å². The molecule has 7 heteroatoms. The second-order valence-electron chi connectivity index (χ2n) is 10.7. The Bertz CT molecular complexity index is 484. The SMILES string of the molecule is CCCCCCCCCCCC(=O)N(C)CC(=O)[O-].CCCCCCCCCCCC[N+](C)(C)[O-].[Na+]. The van der Waals surface area contributed by atoms with Crippen LogP contribution in [0.15, 0.2) is 0 Å². The Morgan fingerprint density at radius 3 is 1.31 bits per heavy atom. The van der Waals surface area contributed by atoms with Crippen LogP contribution < -0.4 is 34.7 Å². The van der Waals surface area contributed by atoms with Crippen LogP contribution >= 0.6 is 0 Å². The summed E-state index contributed by atoms with van der Waals surface area (Å²) in [5, 5.41) is 21.6. The molecule has 0 aromatic rings. The average Bonchev–Trinajstić information content (AvgIpc) is 2.78. The van der Waals surface area contributed by atoms with E-state index in [0.717, 1.165) is 25.8 Å². The largest absolute Gasteiger partial charge is 1.00 e. The van der Waals surface area contributed by atoms with Crippen molar-refractivity contribution >= 4 is 11.9 Å². The van der Waals surface area contributed by atoms with E-state index in [-0.39, 0.29) is 46.7 Å². The maximum Gasteiger partial charge on any atom is 1.00 e. The van der Waals surface area contributed by atoms with Gasteiger partial charge in [0.05, 0.1) is 33.2 Å². The Morgan fingerprint density at radius 2 is 0.972 bits per heavy atom. The summed E-state index contributed by atoms with van der Waals surface area (Å²) < 4.78 is -0.128. The van der Waals surface area contributed by atoms with Crippen molar-refractivity contribution in [2.45, 2.75) is 142 Å². The zero-order valence-electron chi connectivity index (χ0n) is 25.1. The number of rotatable bonds is 23. The normalized spacial score (nSPS) is 10.8. The van der Waals surface area contributed by atoms with Gasteiger partial charge in [0.2, 0.25) is 5.91 Å². The van der Waals surface area contributed by atoms with Crippen LogP contribution in [-0.4, -0.2) is 55.7 Å². The molecule has 0 aromatic heterocycles. The Labute approximate surface area is 246 Å². The molecular weight excluding hydrogens is 463 g/mol. The Kier molecular flexibility index (Phi) is 33.0. The van der Waals surface area contributed by atoms with E-state index >= 15 is 0 Å². The van der Waals surface area contributed by atoms with Crippen LogP contribution in [0.5, 0.6) is 0 Å². The number of amides is 1. The van der Waals surface area contributed by atoms with Crippen LogP contribution in [0.2, 0.25) is 0 Å². The van der Waals surface area contributed by atoms with E-state index in [2.05, 4.69) is 13.8 Å². The van der Waals surface area contributed by atoms with Crippen LogP contribution in [0.25, 0.3) is 0 Å². The first-order valence-electron chi connectivity index (χ1n) is 14.6. The molecule has 210 valence electrons. The predicted octanol–water partition coefficient (Wildman–Crippen LogP) is 3.60. The number of hydroxylamine groups is 3. The van der Waals surface area contributed by atoms with Gasteiger partial charge >= 0.3 is 29.6 Å². The van der Waals surface area contributed by atoms with Gasteiger partial charge in [-0.3, -0.25) is 4.79 Å². The Morgan fingerprint density at radius 1 is 0.639 bits per heavy atom. The maximum absolute atomic E-state index is 11.5. The van der Waals surface area contributed by atoms with Crippen molar-refractivity contribution in [3.8, 4) is 0 Å². The first kappa shape index (κ1) is 40.4. The third-order valence-corrected chi connectivity index (χ3v) is 6.34. The number of quaternary nitrogens is 1. The predicted molar refractivity (Wildman–Crippen MR) is 147 cm³/mol. The maximum atomic E-state index is 11.5. The molecule has 6 nitrogen and oxygen atoms in total. The van der Waals surface area contributed by atoms with Crippen molar-refractivity contribution in [3.63, 3.8) is 0 Å². The summed E-state index contributed by atoms with van der Waals surface area (Å²) in [5.74, 6) is -1.31. The second-order valence-corrected chi connectivity index (χ2v) is 10.7. The van der Waals surface area contributed by atoms with Crippen molar-refractivity contribution in [1.82, 2.24) is 4.90 Å². The number of likely N-dealkylation sites (N-methyl/N-ethyl adjacent to an activating group) is 1. The molecule has 0 unspecified atom stereocenters. The van der Waals surface area contributed by atoms with Gasteiger partial charge in [-0.1, -0.05) is 117 Å². The minimum Gasteiger partial charge on any atom is -0.633 e. The molecule has 0 heterocycles. The molecule has 0 aliphatic heterocycles. The molecule has 0 saturated carbocycles. The molecule has 0 N–H and O–H groups in total. The number of hydrogen-bond donors (Lipinski definition) is 0. The minimum atomic E-state index is -1.21. The van der Waals surface area contributed by atoms with Crippen LogP contribution in [-0.2, 0) is 9.59 Å². The number of unbranched alkanes of at least 4 members (excludes halogenated alkanes) is 17. The van der Waals surface area contributed by atoms with E-state index in [0.29, 0.717) is 6.42 Å². The summed E-state index contributed by atoms with van der Waals surface area (Å²) in [6.45, 7) is 4.94. The molecule has 0 saturated heterocycles. The first-order valence-corrected chi connectivity index (χ1v) is 14.6. The van der Waals surface area contributed by atoms with Gasteiger partial charge in [-0.2, -0.15) is 0 Å². The van der Waals surface area contributed by atoms with E-state index < -0.39 is 5.97 Å². The van der Waals surface area contributed by atoms with E-state index in [1.165, 1.54) is 115 Å².